The minimum absolute atomic E-state index is 0.0650. The Hall–Kier alpha value is -2.11. The SMILES string of the molecule is CCCOC(=O)c1cc([N+](=O)[O-])ccc1OC. The van der Waals surface area contributed by atoms with Crippen molar-refractivity contribution in [3.8, 4) is 5.75 Å². The van der Waals surface area contributed by atoms with Crippen LogP contribution in [0.1, 0.15) is 23.7 Å². The maximum atomic E-state index is 11.6. The Morgan fingerprint density at radius 2 is 2.18 bits per heavy atom. The summed E-state index contributed by atoms with van der Waals surface area (Å²) < 4.78 is 9.87. The number of methoxy groups -OCH3 is 1. The highest BCUT2D eigenvalue weighted by Crippen LogP contribution is 2.24. The lowest BCUT2D eigenvalue weighted by atomic mass is 10.2. The number of rotatable bonds is 5. The molecule has 0 fully saturated rings. The lowest BCUT2D eigenvalue weighted by Gasteiger charge is -2.07. The molecule has 0 aromatic heterocycles. The van der Waals surface area contributed by atoms with Crippen molar-refractivity contribution in [2.75, 3.05) is 13.7 Å². The molecule has 0 N–H and O–H groups in total. The summed E-state index contributed by atoms with van der Waals surface area (Å²) in [5.74, 6) is -0.357. The second-order valence-electron chi connectivity index (χ2n) is 3.28. The van der Waals surface area contributed by atoms with E-state index in [4.69, 9.17) is 9.47 Å². The summed E-state index contributed by atoms with van der Waals surface area (Å²) in [6, 6.07) is 3.80. The predicted octanol–water partition coefficient (Wildman–Crippen LogP) is 2.17. The fourth-order valence-corrected chi connectivity index (χ4v) is 1.24. The first-order valence-corrected chi connectivity index (χ1v) is 5.09. The molecule has 0 aliphatic heterocycles. The summed E-state index contributed by atoms with van der Waals surface area (Å²) in [4.78, 5) is 21.7. The molecule has 0 saturated heterocycles. The molecule has 17 heavy (non-hydrogen) atoms. The second-order valence-corrected chi connectivity index (χ2v) is 3.28. The topological polar surface area (TPSA) is 78.7 Å². The molecule has 6 nitrogen and oxygen atoms in total. The van der Waals surface area contributed by atoms with Crippen molar-refractivity contribution >= 4 is 11.7 Å². The molecule has 1 aromatic carbocycles. The first-order chi connectivity index (χ1) is 8.10. The molecule has 0 atom stereocenters. The Morgan fingerprint density at radius 3 is 2.71 bits per heavy atom. The number of carbonyl (C=O) groups is 1. The molecule has 92 valence electrons. The maximum absolute atomic E-state index is 11.6. The molecule has 1 rings (SSSR count). The standard InChI is InChI=1S/C11H13NO5/c1-3-6-17-11(13)9-7-8(12(14)15)4-5-10(9)16-2/h4-5,7H,3,6H2,1-2H3. The fourth-order valence-electron chi connectivity index (χ4n) is 1.24. The number of hydrogen-bond acceptors (Lipinski definition) is 5. The Balaban J connectivity index is 3.05. The first-order valence-electron chi connectivity index (χ1n) is 5.09. The van der Waals surface area contributed by atoms with Crippen molar-refractivity contribution in [3.05, 3.63) is 33.9 Å². The fraction of sp³-hybridized carbons (Fsp3) is 0.364. The molecule has 0 saturated carbocycles. The summed E-state index contributed by atoms with van der Waals surface area (Å²) in [7, 11) is 1.39. The smallest absolute Gasteiger partial charge is 0.342 e. The maximum Gasteiger partial charge on any atom is 0.342 e. The molecular formula is C11H13NO5. The molecule has 0 unspecified atom stereocenters. The van der Waals surface area contributed by atoms with Crippen LogP contribution in [0.4, 0.5) is 5.69 Å². The Morgan fingerprint density at radius 1 is 1.47 bits per heavy atom. The molecule has 0 aliphatic rings. The summed E-state index contributed by atoms with van der Waals surface area (Å²) in [6.45, 7) is 2.13. The van der Waals surface area contributed by atoms with Crippen LogP contribution in [0.5, 0.6) is 5.75 Å². The number of carbonyl (C=O) groups excluding carboxylic acids is 1. The van der Waals surface area contributed by atoms with Crippen molar-refractivity contribution in [2.45, 2.75) is 13.3 Å². The van der Waals surface area contributed by atoms with Crippen LogP contribution in [0.2, 0.25) is 0 Å². The van der Waals surface area contributed by atoms with E-state index in [1.54, 1.807) is 0 Å². The van der Waals surface area contributed by atoms with Crippen LogP contribution in [0.3, 0.4) is 0 Å². The minimum Gasteiger partial charge on any atom is -0.496 e. The highest BCUT2D eigenvalue weighted by molar-refractivity contribution is 5.93. The van der Waals surface area contributed by atoms with E-state index in [2.05, 4.69) is 0 Å². The molecule has 1 aromatic rings. The lowest BCUT2D eigenvalue weighted by Crippen LogP contribution is -2.08. The third-order valence-corrected chi connectivity index (χ3v) is 2.05. The van der Waals surface area contributed by atoms with Gasteiger partial charge in [0.05, 0.1) is 18.6 Å². The molecule has 0 bridgehead atoms. The van der Waals surface area contributed by atoms with Gasteiger partial charge in [0, 0.05) is 12.1 Å². The highest BCUT2D eigenvalue weighted by Gasteiger charge is 2.18. The van der Waals surface area contributed by atoms with E-state index in [0.29, 0.717) is 6.42 Å². The number of ether oxygens (including phenoxy) is 2. The highest BCUT2D eigenvalue weighted by atomic mass is 16.6. The second kappa shape index (κ2) is 5.83. The summed E-state index contributed by atoms with van der Waals surface area (Å²) >= 11 is 0. The van der Waals surface area contributed by atoms with Gasteiger partial charge in [-0.15, -0.1) is 0 Å². The van der Waals surface area contributed by atoms with Gasteiger partial charge in [0.25, 0.3) is 5.69 Å². The number of benzene rings is 1. The number of nitro groups is 1. The van der Waals surface area contributed by atoms with Crippen molar-refractivity contribution in [3.63, 3.8) is 0 Å². The average molecular weight is 239 g/mol. The number of nitro benzene ring substituents is 1. The van der Waals surface area contributed by atoms with E-state index in [9.17, 15) is 14.9 Å². The third kappa shape index (κ3) is 3.17. The summed E-state index contributed by atoms with van der Waals surface area (Å²) in [6.07, 6.45) is 0.684. The van der Waals surface area contributed by atoms with Gasteiger partial charge in [-0.25, -0.2) is 4.79 Å². The van der Waals surface area contributed by atoms with E-state index < -0.39 is 10.9 Å². The third-order valence-electron chi connectivity index (χ3n) is 2.05. The predicted molar refractivity (Wildman–Crippen MR) is 60.2 cm³/mol. The molecule has 0 amide bonds. The van der Waals surface area contributed by atoms with Gasteiger partial charge in [-0.05, 0) is 12.5 Å². The zero-order valence-corrected chi connectivity index (χ0v) is 9.63. The van der Waals surface area contributed by atoms with Gasteiger partial charge in [-0.1, -0.05) is 6.92 Å². The van der Waals surface area contributed by atoms with Crippen LogP contribution in [0.15, 0.2) is 18.2 Å². The number of non-ortho nitro benzene ring substituents is 1. The van der Waals surface area contributed by atoms with Gasteiger partial charge in [0.2, 0.25) is 0 Å². The molecule has 0 aliphatic carbocycles. The van der Waals surface area contributed by atoms with Crippen molar-refractivity contribution in [1.82, 2.24) is 0 Å². The number of hydrogen-bond donors (Lipinski definition) is 0. The first kappa shape index (κ1) is 13.0. The van der Waals surface area contributed by atoms with E-state index in [-0.39, 0.29) is 23.6 Å². The van der Waals surface area contributed by atoms with Crippen LogP contribution in [-0.4, -0.2) is 24.6 Å². The Kier molecular flexibility index (Phi) is 4.45. The molecule has 6 heteroatoms. The van der Waals surface area contributed by atoms with E-state index >= 15 is 0 Å². The van der Waals surface area contributed by atoms with Gasteiger partial charge in [-0.3, -0.25) is 10.1 Å². The largest absolute Gasteiger partial charge is 0.496 e. The van der Waals surface area contributed by atoms with Crippen LogP contribution in [-0.2, 0) is 4.74 Å². The summed E-state index contributed by atoms with van der Waals surface area (Å²) in [5, 5.41) is 10.6. The molecule has 0 radical (unpaired) electrons. The van der Waals surface area contributed by atoms with Gasteiger partial charge in [0.1, 0.15) is 11.3 Å². The molecule has 0 heterocycles. The van der Waals surface area contributed by atoms with Crippen LogP contribution in [0, 0.1) is 10.1 Å². The van der Waals surface area contributed by atoms with Gasteiger partial charge in [-0.2, -0.15) is 0 Å². The van der Waals surface area contributed by atoms with Gasteiger partial charge < -0.3 is 9.47 Å². The van der Waals surface area contributed by atoms with Crippen molar-refractivity contribution in [1.29, 1.82) is 0 Å². The van der Waals surface area contributed by atoms with E-state index in [0.717, 1.165) is 6.07 Å². The quantitative estimate of drug-likeness (QED) is 0.447. The normalized spacial score (nSPS) is 9.76. The van der Waals surface area contributed by atoms with E-state index in [1.165, 1.54) is 19.2 Å². The monoisotopic (exact) mass is 239 g/mol. The minimum atomic E-state index is -0.618. The van der Waals surface area contributed by atoms with Gasteiger partial charge in [0.15, 0.2) is 0 Å². The molecule has 0 spiro atoms. The summed E-state index contributed by atoms with van der Waals surface area (Å²) in [5.41, 5.74) is -0.107. The number of esters is 1. The molecular weight excluding hydrogens is 226 g/mol. The zero-order valence-electron chi connectivity index (χ0n) is 9.63. The van der Waals surface area contributed by atoms with Crippen LogP contribution < -0.4 is 4.74 Å². The average Bonchev–Trinajstić information content (AvgIpc) is 2.34. The van der Waals surface area contributed by atoms with Crippen molar-refractivity contribution in [2.24, 2.45) is 0 Å². The Bertz CT molecular complexity index is 430. The van der Waals surface area contributed by atoms with Crippen molar-refractivity contribution < 1.29 is 19.2 Å². The number of nitrogens with zero attached hydrogens (tertiary/aromatic N) is 1. The van der Waals surface area contributed by atoms with Crippen LogP contribution >= 0.6 is 0 Å². The lowest BCUT2D eigenvalue weighted by molar-refractivity contribution is -0.384. The zero-order chi connectivity index (χ0) is 12.8. The Labute approximate surface area is 98.3 Å². The van der Waals surface area contributed by atoms with E-state index in [1.807, 2.05) is 6.92 Å². The van der Waals surface area contributed by atoms with Gasteiger partial charge >= 0.3 is 5.97 Å². The van der Waals surface area contributed by atoms with Crippen LogP contribution in [0.25, 0.3) is 0 Å².